The average Bonchev–Trinajstić information content (AvgIpc) is 2.33. The van der Waals surface area contributed by atoms with E-state index in [0.29, 0.717) is 17.3 Å². The van der Waals surface area contributed by atoms with Crippen LogP contribution in [0.2, 0.25) is 5.02 Å². The number of nitrogens with zero attached hydrogens (tertiary/aromatic N) is 2. The average molecular weight is 255 g/mol. The second-order valence-corrected chi connectivity index (χ2v) is 3.87. The maximum Gasteiger partial charge on any atom is 0.141 e. The van der Waals surface area contributed by atoms with Gasteiger partial charge >= 0.3 is 0 Å². The highest BCUT2D eigenvalue weighted by molar-refractivity contribution is 7.79. The number of halogens is 2. The van der Waals surface area contributed by atoms with E-state index in [1.54, 1.807) is 24.4 Å². The fourth-order valence-electron chi connectivity index (χ4n) is 1.29. The van der Waals surface area contributed by atoms with Gasteiger partial charge in [-0.1, -0.05) is 11.6 Å². The predicted molar refractivity (Wildman–Crippen MR) is 65.1 cm³/mol. The molecule has 0 N–H and O–H groups in total. The Bertz CT molecular complexity index is 519. The van der Waals surface area contributed by atoms with E-state index in [1.807, 2.05) is 0 Å². The molecule has 0 amide bonds. The predicted octanol–water partition coefficient (Wildman–Crippen LogP) is 3.37. The standard InChI is InChI=1S/C11H8ClFN2S/c12-8-5-7(1-2-9(8)13)10-3-4-14-11(6-16)15-10/h1-5,16H,6H2. The summed E-state index contributed by atoms with van der Waals surface area (Å²) in [5, 5.41) is 0.0866. The van der Waals surface area contributed by atoms with Crippen molar-refractivity contribution < 1.29 is 4.39 Å². The molecule has 0 radical (unpaired) electrons. The quantitative estimate of drug-likeness (QED) is 0.832. The Morgan fingerprint density at radius 3 is 2.81 bits per heavy atom. The molecule has 2 aromatic rings. The summed E-state index contributed by atoms with van der Waals surface area (Å²) in [6.07, 6.45) is 1.64. The summed E-state index contributed by atoms with van der Waals surface area (Å²) in [6.45, 7) is 0. The summed E-state index contributed by atoms with van der Waals surface area (Å²) >= 11 is 9.80. The molecule has 0 saturated carbocycles. The first-order valence-electron chi connectivity index (χ1n) is 4.59. The molecule has 0 fully saturated rings. The van der Waals surface area contributed by atoms with Crippen LogP contribution in [0.25, 0.3) is 11.3 Å². The minimum atomic E-state index is -0.436. The number of aromatic nitrogens is 2. The maximum atomic E-state index is 13.0. The van der Waals surface area contributed by atoms with Gasteiger partial charge in [-0.05, 0) is 24.3 Å². The Labute approximate surface area is 103 Å². The molecule has 0 aliphatic rings. The first kappa shape index (κ1) is 11.4. The number of rotatable bonds is 2. The molecule has 1 heterocycles. The van der Waals surface area contributed by atoms with Gasteiger partial charge in [-0.15, -0.1) is 0 Å². The van der Waals surface area contributed by atoms with Crippen molar-refractivity contribution in [2.45, 2.75) is 5.75 Å². The van der Waals surface area contributed by atoms with Crippen molar-refractivity contribution in [1.82, 2.24) is 9.97 Å². The Morgan fingerprint density at radius 1 is 1.31 bits per heavy atom. The zero-order valence-corrected chi connectivity index (χ0v) is 9.84. The molecular weight excluding hydrogens is 247 g/mol. The summed E-state index contributed by atoms with van der Waals surface area (Å²) in [7, 11) is 0. The molecule has 0 atom stereocenters. The summed E-state index contributed by atoms with van der Waals surface area (Å²) in [5.74, 6) is 0.651. The first-order valence-corrected chi connectivity index (χ1v) is 5.60. The topological polar surface area (TPSA) is 25.8 Å². The van der Waals surface area contributed by atoms with E-state index in [-0.39, 0.29) is 5.02 Å². The second kappa shape index (κ2) is 4.80. The van der Waals surface area contributed by atoms with E-state index in [1.165, 1.54) is 6.07 Å². The van der Waals surface area contributed by atoms with E-state index in [2.05, 4.69) is 22.6 Å². The molecule has 0 aliphatic carbocycles. The van der Waals surface area contributed by atoms with Gasteiger partial charge in [0.15, 0.2) is 0 Å². The van der Waals surface area contributed by atoms with Gasteiger partial charge in [0.2, 0.25) is 0 Å². The van der Waals surface area contributed by atoms with Gasteiger partial charge in [0.25, 0.3) is 0 Å². The van der Waals surface area contributed by atoms with Crippen LogP contribution in [0.15, 0.2) is 30.5 Å². The lowest BCUT2D eigenvalue weighted by Crippen LogP contribution is -1.93. The van der Waals surface area contributed by atoms with Crippen molar-refractivity contribution in [2.75, 3.05) is 0 Å². The zero-order valence-electron chi connectivity index (χ0n) is 8.19. The van der Waals surface area contributed by atoms with Crippen LogP contribution in [0.5, 0.6) is 0 Å². The molecular formula is C11H8ClFN2S. The van der Waals surface area contributed by atoms with Crippen molar-refractivity contribution in [1.29, 1.82) is 0 Å². The van der Waals surface area contributed by atoms with Crippen molar-refractivity contribution in [2.24, 2.45) is 0 Å². The highest BCUT2D eigenvalue weighted by Gasteiger charge is 2.05. The normalized spacial score (nSPS) is 10.4. The smallest absolute Gasteiger partial charge is 0.141 e. The Kier molecular flexibility index (Phi) is 3.41. The van der Waals surface area contributed by atoms with Crippen LogP contribution < -0.4 is 0 Å². The monoisotopic (exact) mass is 254 g/mol. The molecule has 5 heteroatoms. The zero-order chi connectivity index (χ0) is 11.5. The van der Waals surface area contributed by atoms with E-state index >= 15 is 0 Å². The summed E-state index contributed by atoms with van der Waals surface area (Å²) < 4.78 is 13.0. The molecule has 0 saturated heterocycles. The van der Waals surface area contributed by atoms with Gasteiger partial charge in [0.1, 0.15) is 11.6 Å². The maximum absolute atomic E-state index is 13.0. The van der Waals surface area contributed by atoms with Gasteiger partial charge in [-0.3, -0.25) is 0 Å². The minimum Gasteiger partial charge on any atom is -0.240 e. The molecule has 0 aliphatic heterocycles. The van der Waals surface area contributed by atoms with Crippen LogP contribution in [-0.2, 0) is 5.75 Å². The van der Waals surface area contributed by atoms with Crippen molar-refractivity contribution in [3.63, 3.8) is 0 Å². The van der Waals surface area contributed by atoms with Gasteiger partial charge < -0.3 is 0 Å². The van der Waals surface area contributed by atoms with Gasteiger partial charge in [0.05, 0.1) is 16.5 Å². The molecule has 2 rings (SSSR count). The fraction of sp³-hybridized carbons (Fsp3) is 0.0909. The summed E-state index contributed by atoms with van der Waals surface area (Å²) in [5.41, 5.74) is 1.47. The molecule has 1 aromatic carbocycles. The number of thiol groups is 1. The summed E-state index contributed by atoms with van der Waals surface area (Å²) in [6, 6.07) is 6.24. The number of benzene rings is 1. The number of hydrogen-bond acceptors (Lipinski definition) is 3. The second-order valence-electron chi connectivity index (χ2n) is 3.15. The minimum absolute atomic E-state index is 0.0866. The van der Waals surface area contributed by atoms with E-state index < -0.39 is 5.82 Å². The molecule has 0 bridgehead atoms. The highest BCUT2D eigenvalue weighted by Crippen LogP contribution is 2.23. The Balaban J connectivity index is 2.46. The van der Waals surface area contributed by atoms with Crippen LogP contribution in [-0.4, -0.2) is 9.97 Å². The van der Waals surface area contributed by atoms with Crippen LogP contribution in [0, 0.1) is 5.82 Å². The lowest BCUT2D eigenvalue weighted by atomic mass is 10.1. The third kappa shape index (κ3) is 2.33. The van der Waals surface area contributed by atoms with E-state index in [0.717, 1.165) is 5.56 Å². The Morgan fingerprint density at radius 2 is 2.12 bits per heavy atom. The Hall–Kier alpha value is -1.13. The first-order chi connectivity index (χ1) is 7.70. The summed E-state index contributed by atoms with van der Waals surface area (Å²) in [4.78, 5) is 8.29. The van der Waals surface area contributed by atoms with Crippen molar-refractivity contribution in [3.8, 4) is 11.3 Å². The molecule has 0 unspecified atom stereocenters. The SMILES string of the molecule is Fc1ccc(-c2ccnc(CS)n2)cc1Cl. The third-order valence-electron chi connectivity index (χ3n) is 2.06. The van der Waals surface area contributed by atoms with E-state index in [9.17, 15) is 4.39 Å². The van der Waals surface area contributed by atoms with E-state index in [4.69, 9.17) is 11.6 Å². The molecule has 16 heavy (non-hydrogen) atoms. The van der Waals surface area contributed by atoms with Gasteiger partial charge in [0, 0.05) is 11.8 Å². The molecule has 2 nitrogen and oxygen atoms in total. The molecule has 0 spiro atoms. The van der Waals surface area contributed by atoms with Gasteiger partial charge in [-0.25, -0.2) is 14.4 Å². The fourth-order valence-corrected chi connectivity index (χ4v) is 1.62. The van der Waals surface area contributed by atoms with Gasteiger partial charge in [-0.2, -0.15) is 12.6 Å². The lowest BCUT2D eigenvalue weighted by molar-refractivity contribution is 0.628. The third-order valence-corrected chi connectivity index (χ3v) is 2.63. The molecule has 82 valence electrons. The molecule has 1 aromatic heterocycles. The van der Waals surface area contributed by atoms with Crippen LogP contribution in [0.1, 0.15) is 5.82 Å². The largest absolute Gasteiger partial charge is 0.240 e. The van der Waals surface area contributed by atoms with Crippen molar-refractivity contribution >= 4 is 24.2 Å². The van der Waals surface area contributed by atoms with Crippen molar-refractivity contribution in [3.05, 3.63) is 47.1 Å². The highest BCUT2D eigenvalue weighted by atomic mass is 35.5. The number of hydrogen-bond donors (Lipinski definition) is 1. The lowest BCUT2D eigenvalue weighted by Gasteiger charge is -2.03. The van der Waals surface area contributed by atoms with Crippen LogP contribution in [0.3, 0.4) is 0 Å². The van der Waals surface area contributed by atoms with Crippen LogP contribution in [0.4, 0.5) is 4.39 Å². The van der Waals surface area contributed by atoms with Crippen LogP contribution >= 0.6 is 24.2 Å².